The van der Waals surface area contributed by atoms with Gasteiger partial charge in [0, 0.05) is 24.4 Å². The third-order valence-corrected chi connectivity index (χ3v) is 4.00. The van der Waals surface area contributed by atoms with Crippen LogP contribution in [0.1, 0.15) is 18.4 Å². The number of halogens is 2. The summed E-state index contributed by atoms with van der Waals surface area (Å²) in [6.07, 6.45) is 5.79. The van der Waals surface area contributed by atoms with E-state index in [1.165, 1.54) is 12.1 Å². The number of nitrogens with one attached hydrogen (secondary N) is 1. The lowest BCUT2D eigenvalue weighted by atomic mass is 10.0. The molecule has 1 fully saturated rings. The lowest BCUT2D eigenvalue weighted by Crippen LogP contribution is -2.46. The Hall–Kier alpha value is -1.69. The Balaban J connectivity index is 0.00000208. The zero-order valence-corrected chi connectivity index (χ0v) is 14.2. The molecule has 0 aliphatic carbocycles. The third-order valence-electron chi connectivity index (χ3n) is 4.00. The molecule has 1 aliphatic heterocycles. The maximum atomic E-state index is 13.8. The van der Waals surface area contributed by atoms with Crippen LogP contribution >= 0.6 is 12.4 Å². The number of aliphatic hydroxyl groups excluding tert-OH is 1. The predicted octanol–water partition coefficient (Wildman–Crippen LogP) is 2.98. The average Bonchev–Trinajstić information content (AvgIpc) is 2.51. The number of benzene rings is 1. The number of aromatic nitrogens is 1. The predicted molar refractivity (Wildman–Crippen MR) is 94.2 cm³/mol. The second-order valence-corrected chi connectivity index (χ2v) is 5.84. The van der Waals surface area contributed by atoms with Crippen LogP contribution in [0.2, 0.25) is 0 Å². The number of ether oxygens (including phenoxy) is 1. The van der Waals surface area contributed by atoms with Gasteiger partial charge >= 0.3 is 0 Å². The summed E-state index contributed by atoms with van der Waals surface area (Å²) < 4.78 is 19.6. The number of hydrogen-bond donors (Lipinski definition) is 2. The molecule has 0 saturated carbocycles. The molecule has 24 heavy (non-hydrogen) atoms. The SMILES string of the molecule is Cl.OCCCc1cc(F)cc(-c2cncc(OC[C@@H]3CCN3)c2)c1. The first kappa shape index (κ1) is 18.6. The van der Waals surface area contributed by atoms with Gasteiger partial charge in [0.1, 0.15) is 18.2 Å². The van der Waals surface area contributed by atoms with Crippen LogP contribution in [0.4, 0.5) is 4.39 Å². The largest absolute Gasteiger partial charge is 0.490 e. The molecule has 1 saturated heterocycles. The Kier molecular flexibility index (Phi) is 6.97. The minimum Gasteiger partial charge on any atom is -0.490 e. The molecule has 0 bridgehead atoms. The van der Waals surface area contributed by atoms with Crippen LogP contribution < -0.4 is 10.1 Å². The molecular formula is C18H22ClFN2O2. The Morgan fingerprint density at radius 2 is 2.04 bits per heavy atom. The van der Waals surface area contributed by atoms with Gasteiger partial charge in [0.15, 0.2) is 0 Å². The maximum Gasteiger partial charge on any atom is 0.138 e. The average molecular weight is 353 g/mol. The van der Waals surface area contributed by atoms with Gasteiger partial charge in [-0.2, -0.15) is 0 Å². The highest BCUT2D eigenvalue weighted by atomic mass is 35.5. The van der Waals surface area contributed by atoms with Crippen molar-refractivity contribution >= 4 is 12.4 Å². The van der Waals surface area contributed by atoms with Crippen molar-refractivity contribution in [2.75, 3.05) is 19.8 Å². The highest BCUT2D eigenvalue weighted by Crippen LogP contribution is 2.25. The quantitative estimate of drug-likeness (QED) is 0.804. The first-order valence-electron chi connectivity index (χ1n) is 7.96. The molecule has 1 aromatic carbocycles. The molecule has 3 rings (SSSR count). The zero-order chi connectivity index (χ0) is 16.1. The van der Waals surface area contributed by atoms with Gasteiger partial charge in [-0.25, -0.2) is 4.39 Å². The van der Waals surface area contributed by atoms with Crippen molar-refractivity contribution in [2.24, 2.45) is 0 Å². The summed E-state index contributed by atoms with van der Waals surface area (Å²) in [6.45, 7) is 1.77. The normalized spacial score (nSPS) is 16.2. The van der Waals surface area contributed by atoms with E-state index < -0.39 is 0 Å². The van der Waals surface area contributed by atoms with Crippen molar-refractivity contribution < 1.29 is 14.2 Å². The van der Waals surface area contributed by atoms with Crippen molar-refractivity contribution in [3.05, 3.63) is 48.0 Å². The van der Waals surface area contributed by atoms with Crippen molar-refractivity contribution in [1.29, 1.82) is 0 Å². The fraction of sp³-hybridized carbons (Fsp3) is 0.389. The van der Waals surface area contributed by atoms with Crippen LogP contribution in [0, 0.1) is 5.82 Å². The summed E-state index contributed by atoms with van der Waals surface area (Å²) in [4.78, 5) is 4.20. The molecular weight excluding hydrogens is 331 g/mol. The molecule has 1 aromatic heterocycles. The summed E-state index contributed by atoms with van der Waals surface area (Å²) in [5.74, 6) is 0.415. The molecule has 1 aliphatic rings. The van der Waals surface area contributed by atoms with E-state index in [4.69, 9.17) is 9.84 Å². The van der Waals surface area contributed by atoms with E-state index in [0.29, 0.717) is 31.2 Å². The first-order valence-corrected chi connectivity index (χ1v) is 7.96. The second kappa shape index (κ2) is 8.97. The van der Waals surface area contributed by atoms with E-state index in [0.717, 1.165) is 29.7 Å². The highest BCUT2D eigenvalue weighted by molar-refractivity contribution is 5.85. The standard InChI is InChI=1S/C18H21FN2O2.ClH/c19-16-7-13(2-1-5-22)6-14(8-16)15-9-18(11-20-10-15)23-12-17-3-4-21-17;/h6-11,17,21-22H,1-5,12H2;1H/t17-;/m0./s1. The van der Waals surface area contributed by atoms with E-state index in [1.54, 1.807) is 12.4 Å². The molecule has 130 valence electrons. The molecule has 0 spiro atoms. The highest BCUT2D eigenvalue weighted by Gasteiger charge is 2.16. The van der Waals surface area contributed by atoms with Crippen LogP contribution in [0.5, 0.6) is 5.75 Å². The minimum atomic E-state index is -0.277. The minimum absolute atomic E-state index is 0. The molecule has 0 radical (unpaired) electrons. The summed E-state index contributed by atoms with van der Waals surface area (Å²) in [5, 5.41) is 12.2. The molecule has 2 N–H and O–H groups in total. The third kappa shape index (κ3) is 4.90. The van der Waals surface area contributed by atoms with Gasteiger partial charge in [0.25, 0.3) is 0 Å². The van der Waals surface area contributed by atoms with Crippen molar-refractivity contribution in [3.63, 3.8) is 0 Å². The smallest absolute Gasteiger partial charge is 0.138 e. The first-order chi connectivity index (χ1) is 11.2. The Labute approximate surface area is 147 Å². The van der Waals surface area contributed by atoms with E-state index in [9.17, 15) is 4.39 Å². The Morgan fingerprint density at radius 1 is 1.21 bits per heavy atom. The fourth-order valence-corrected chi connectivity index (χ4v) is 2.59. The van der Waals surface area contributed by atoms with Crippen molar-refractivity contribution in [1.82, 2.24) is 10.3 Å². The number of hydrogen-bond acceptors (Lipinski definition) is 4. The van der Waals surface area contributed by atoms with Gasteiger partial charge in [0.05, 0.1) is 6.20 Å². The molecule has 6 heteroatoms. The fourth-order valence-electron chi connectivity index (χ4n) is 2.59. The number of nitrogens with zero attached hydrogens (tertiary/aromatic N) is 1. The molecule has 2 aromatic rings. The number of aliphatic hydroxyl groups is 1. The van der Waals surface area contributed by atoms with Crippen LogP contribution in [0.15, 0.2) is 36.7 Å². The number of pyridine rings is 1. The summed E-state index contributed by atoms with van der Waals surface area (Å²) in [6, 6.07) is 7.24. The van der Waals surface area contributed by atoms with E-state index in [1.807, 2.05) is 12.1 Å². The zero-order valence-electron chi connectivity index (χ0n) is 13.4. The topological polar surface area (TPSA) is 54.4 Å². The van der Waals surface area contributed by atoms with Gasteiger partial charge in [0.2, 0.25) is 0 Å². The van der Waals surface area contributed by atoms with Crippen molar-refractivity contribution in [2.45, 2.75) is 25.3 Å². The summed E-state index contributed by atoms with van der Waals surface area (Å²) >= 11 is 0. The van der Waals surface area contributed by atoms with Gasteiger partial charge in [-0.3, -0.25) is 4.98 Å². The molecule has 0 amide bonds. The van der Waals surface area contributed by atoms with E-state index in [-0.39, 0.29) is 24.8 Å². The Morgan fingerprint density at radius 3 is 2.75 bits per heavy atom. The van der Waals surface area contributed by atoms with Crippen LogP contribution in [-0.2, 0) is 6.42 Å². The number of aryl methyl sites for hydroxylation is 1. The van der Waals surface area contributed by atoms with Gasteiger partial charge < -0.3 is 15.2 Å². The molecule has 1 atom stereocenters. The van der Waals surface area contributed by atoms with Gasteiger partial charge in [-0.15, -0.1) is 12.4 Å². The van der Waals surface area contributed by atoms with E-state index in [2.05, 4.69) is 10.3 Å². The lowest BCUT2D eigenvalue weighted by Gasteiger charge is -2.27. The second-order valence-electron chi connectivity index (χ2n) is 5.84. The van der Waals surface area contributed by atoms with Crippen LogP contribution in [0.3, 0.4) is 0 Å². The van der Waals surface area contributed by atoms with Crippen LogP contribution in [0.25, 0.3) is 11.1 Å². The molecule has 0 unspecified atom stereocenters. The van der Waals surface area contributed by atoms with Crippen molar-refractivity contribution in [3.8, 4) is 16.9 Å². The Bertz CT molecular complexity index is 665. The monoisotopic (exact) mass is 352 g/mol. The van der Waals surface area contributed by atoms with Gasteiger partial charge in [-0.05, 0) is 55.1 Å². The van der Waals surface area contributed by atoms with E-state index >= 15 is 0 Å². The summed E-state index contributed by atoms with van der Waals surface area (Å²) in [7, 11) is 0. The molecule has 2 heterocycles. The van der Waals surface area contributed by atoms with Gasteiger partial charge in [-0.1, -0.05) is 6.07 Å². The van der Waals surface area contributed by atoms with Crippen LogP contribution in [-0.4, -0.2) is 35.9 Å². The summed E-state index contributed by atoms with van der Waals surface area (Å²) in [5.41, 5.74) is 2.48. The lowest BCUT2D eigenvalue weighted by molar-refractivity contribution is 0.217. The maximum absolute atomic E-state index is 13.8. The number of rotatable bonds is 7. The molecule has 4 nitrogen and oxygen atoms in total.